The fourth-order valence-electron chi connectivity index (χ4n) is 14.4. The third-order valence-corrected chi connectivity index (χ3v) is 18.8. The smallest absolute Gasteiger partial charge is 0.137 e. The molecule has 14 rings (SSSR count). The molecule has 0 fully saturated rings. The highest BCUT2D eigenvalue weighted by atomic mass is 16.5. The van der Waals surface area contributed by atoms with Crippen molar-refractivity contribution in [3.63, 3.8) is 0 Å². The van der Waals surface area contributed by atoms with Crippen molar-refractivity contribution in [2.75, 3.05) is 16.5 Å². The van der Waals surface area contributed by atoms with Crippen molar-refractivity contribution in [1.82, 2.24) is 9.55 Å². The minimum atomic E-state index is -0.752. The highest BCUT2D eigenvalue weighted by molar-refractivity contribution is 6.10. The van der Waals surface area contributed by atoms with E-state index < -0.39 is 5.41 Å². The summed E-state index contributed by atoms with van der Waals surface area (Å²) in [6, 6.07) is 73.1. The summed E-state index contributed by atoms with van der Waals surface area (Å²) in [5, 5.41) is 2.33. The van der Waals surface area contributed by atoms with Crippen molar-refractivity contribution in [2.24, 2.45) is 0 Å². The molecule has 0 atom stereocenters. The number of benzene rings is 9. The van der Waals surface area contributed by atoms with Crippen LogP contribution in [0, 0.1) is 0 Å². The zero-order valence-electron chi connectivity index (χ0n) is 53.0. The van der Waals surface area contributed by atoms with E-state index >= 15 is 0 Å². The van der Waals surface area contributed by atoms with Crippen LogP contribution < -0.4 is 14.5 Å². The van der Waals surface area contributed by atoms with E-state index in [9.17, 15) is 0 Å². The van der Waals surface area contributed by atoms with Gasteiger partial charge in [-0.25, -0.2) is 4.98 Å². The summed E-state index contributed by atoms with van der Waals surface area (Å²) < 4.78 is 9.59. The molecule has 430 valence electrons. The predicted octanol–water partition coefficient (Wildman–Crippen LogP) is 21.7. The van der Waals surface area contributed by atoms with Crippen molar-refractivity contribution < 1.29 is 4.74 Å². The Morgan fingerprint density at radius 2 is 0.884 bits per heavy atom. The highest BCUT2D eigenvalue weighted by Gasteiger charge is 2.57. The minimum absolute atomic E-state index is 0.105. The third-order valence-electron chi connectivity index (χ3n) is 18.8. The summed E-state index contributed by atoms with van der Waals surface area (Å²) in [6.07, 6.45) is 1.87. The van der Waals surface area contributed by atoms with Gasteiger partial charge in [-0.2, -0.15) is 0 Å². The molecule has 5 nitrogen and oxygen atoms in total. The molecule has 0 saturated heterocycles. The van der Waals surface area contributed by atoms with Gasteiger partial charge < -0.3 is 14.5 Å². The molecule has 0 radical (unpaired) electrons. The van der Waals surface area contributed by atoms with Crippen molar-refractivity contribution >= 4 is 44.6 Å². The molecule has 86 heavy (non-hydrogen) atoms. The first-order chi connectivity index (χ1) is 40.8. The van der Waals surface area contributed by atoms with Gasteiger partial charge in [0.1, 0.15) is 24.0 Å². The van der Waals surface area contributed by atoms with E-state index in [1.54, 1.807) is 0 Å². The lowest BCUT2D eigenvalue weighted by Crippen LogP contribution is -2.40. The Morgan fingerprint density at radius 3 is 1.44 bits per heavy atom. The maximum Gasteiger partial charge on any atom is 0.137 e. The number of ether oxygens (including phenoxy) is 1. The quantitative estimate of drug-likeness (QED) is 0.166. The van der Waals surface area contributed by atoms with E-state index in [2.05, 4.69) is 306 Å². The van der Waals surface area contributed by atoms with E-state index in [1.807, 2.05) is 12.3 Å². The Labute approximate surface area is 510 Å². The molecule has 0 amide bonds. The Kier molecular flexibility index (Phi) is 12.3. The number of rotatable bonds is 6. The molecule has 4 heterocycles. The summed E-state index contributed by atoms with van der Waals surface area (Å²) in [4.78, 5) is 10.2. The summed E-state index contributed by atoms with van der Waals surface area (Å²) in [6.45, 7) is 36.5. The first-order valence-corrected chi connectivity index (χ1v) is 31.0. The molecule has 1 aliphatic carbocycles. The normalized spacial score (nSPS) is 14.5. The Bertz CT molecular complexity index is 4390. The lowest BCUT2D eigenvalue weighted by molar-refractivity contribution is 0.482. The highest BCUT2D eigenvalue weighted by Crippen LogP contribution is 2.69. The van der Waals surface area contributed by atoms with Crippen LogP contribution in [0.15, 0.2) is 200 Å². The fraction of sp³-hybridized carbons (Fsp3) is 0.272. The number of nitrogens with zero attached hydrogens (tertiary/aromatic N) is 4. The Balaban J connectivity index is 1.10. The van der Waals surface area contributed by atoms with Gasteiger partial charge in [0.15, 0.2) is 0 Å². The maximum atomic E-state index is 7.33. The van der Waals surface area contributed by atoms with Crippen LogP contribution in [-0.4, -0.2) is 16.2 Å². The lowest BCUT2D eigenvalue weighted by atomic mass is 9.59. The van der Waals surface area contributed by atoms with Gasteiger partial charge in [0, 0.05) is 40.2 Å². The number of hydrogen-bond acceptors (Lipinski definition) is 4. The van der Waals surface area contributed by atoms with Crippen molar-refractivity contribution in [3.05, 3.63) is 250 Å². The van der Waals surface area contributed by atoms with Crippen LogP contribution in [0.3, 0.4) is 0 Å². The average molecular weight is 1130 g/mol. The first-order valence-electron chi connectivity index (χ1n) is 31.0. The summed E-state index contributed by atoms with van der Waals surface area (Å²) in [7, 11) is 0. The van der Waals surface area contributed by atoms with Gasteiger partial charge in [-0.15, -0.1) is 0 Å². The second-order valence-electron chi connectivity index (χ2n) is 29.7. The number of aromatic nitrogens is 2. The molecule has 3 aliphatic rings. The van der Waals surface area contributed by atoms with Crippen LogP contribution in [0.4, 0.5) is 22.7 Å². The van der Waals surface area contributed by atoms with Crippen molar-refractivity contribution in [1.29, 1.82) is 0 Å². The van der Waals surface area contributed by atoms with E-state index in [0.29, 0.717) is 6.67 Å². The van der Waals surface area contributed by atoms with Gasteiger partial charge in [-0.1, -0.05) is 231 Å². The molecule has 1 spiro atoms. The van der Waals surface area contributed by atoms with Gasteiger partial charge in [0.25, 0.3) is 0 Å². The minimum Gasteiger partial charge on any atom is -0.457 e. The zero-order chi connectivity index (χ0) is 60.2. The van der Waals surface area contributed by atoms with E-state index in [-0.39, 0.29) is 27.1 Å². The number of para-hydroxylation sites is 2. The van der Waals surface area contributed by atoms with E-state index in [1.165, 1.54) is 106 Å². The van der Waals surface area contributed by atoms with E-state index in [4.69, 9.17) is 9.72 Å². The van der Waals surface area contributed by atoms with Crippen molar-refractivity contribution in [2.45, 2.75) is 136 Å². The topological polar surface area (TPSA) is 33.5 Å². The van der Waals surface area contributed by atoms with Gasteiger partial charge >= 0.3 is 0 Å². The van der Waals surface area contributed by atoms with Gasteiger partial charge in [0.2, 0.25) is 0 Å². The van der Waals surface area contributed by atoms with Crippen LogP contribution in [0.5, 0.6) is 11.5 Å². The SMILES string of the molecule is CC(C)(C)c1cc(-c2ccccc2)c(N2CN3c4cc(Oc5ccc6c7ccccc7n(-c7ccccn7)c6c5)ccc4C4(c5cccc2c53)c2c(cc(C(C)(C)C)cc2C(C)(C)C)-c2cc(C(C)(C)C)cc(C(C)(C)C)c24)c(-c2ccccc2)c1. The lowest BCUT2D eigenvalue weighted by Gasteiger charge is -2.46. The second kappa shape index (κ2) is 19.2. The van der Waals surface area contributed by atoms with E-state index in [0.717, 1.165) is 39.4 Å². The van der Waals surface area contributed by atoms with Gasteiger partial charge in [-0.3, -0.25) is 4.57 Å². The molecule has 0 bridgehead atoms. The molecule has 0 unspecified atom stereocenters. The summed E-state index contributed by atoms with van der Waals surface area (Å²) in [5.41, 5.74) is 25.0. The molecular weight excluding hydrogens is 1040 g/mol. The molecule has 0 saturated carbocycles. The standard InChI is InChI=1S/C81H80N4O/c1-76(2,3)52-41-59(50-27-18-16-19-28-50)74(60(42-52)51-29-20-17-21-30-51)83-49-84-70-48-56(86-55-36-38-58-57-31-22-23-33-67(57)85(69(58)47-55)71-35-24-25-40-82-71)37-39-63(70)81(64-32-26-34-68(83)75(64)84)72-61(43-53(77(4,5)6)45-65(72)79(10,11)12)62-44-54(78(7,8)9)46-66(73(62)81)80(13,14)15/h16-48H,49H2,1-15H3. The predicted molar refractivity (Wildman–Crippen MR) is 362 cm³/mol. The first kappa shape index (κ1) is 55.2. The summed E-state index contributed by atoms with van der Waals surface area (Å²) >= 11 is 0. The summed E-state index contributed by atoms with van der Waals surface area (Å²) in [5.74, 6) is 2.41. The molecule has 11 aromatic rings. The van der Waals surface area contributed by atoms with Crippen LogP contribution >= 0.6 is 0 Å². The van der Waals surface area contributed by atoms with Crippen molar-refractivity contribution in [3.8, 4) is 50.7 Å². The van der Waals surface area contributed by atoms with Crippen LogP contribution in [0.1, 0.15) is 154 Å². The molecular formula is C81H80N4O. The monoisotopic (exact) mass is 1120 g/mol. The van der Waals surface area contributed by atoms with Crippen LogP contribution in [-0.2, 0) is 32.5 Å². The molecule has 0 N–H and O–H groups in total. The number of hydrogen-bond donors (Lipinski definition) is 0. The third kappa shape index (κ3) is 8.57. The Morgan fingerprint density at radius 1 is 0.384 bits per heavy atom. The maximum absolute atomic E-state index is 7.33. The average Bonchev–Trinajstić information content (AvgIpc) is 1.46. The fourth-order valence-corrected chi connectivity index (χ4v) is 14.4. The second-order valence-corrected chi connectivity index (χ2v) is 29.7. The largest absolute Gasteiger partial charge is 0.457 e. The number of fused-ring (bicyclic) bond motifs is 12. The molecule has 2 aliphatic heterocycles. The zero-order valence-corrected chi connectivity index (χ0v) is 53.0. The molecule has 2 aromatic heterocycles. The molecule has 5 heteroatoms. The van der Waals surface area contributed by atoms with Crippen LogP contribution in [0.2, 0.25) is 0 Å². The number of pyridine rings is 1. The molecule has 9 aromatic carbocycles. The van der Waals surface area contributed by atoms with Gasteiger partial charge in [0.05, 0.1) is 39.2 Å². The van der Waals surface area contributed by atoms with Gasteiger partial charge in [-0.05, 0) is 154 Å². The number of anilines is 4. The van der Waals surface area contributed by atoms with Crippen LogP contribution in [0.25, 0.3) is 61.0 Å². The Hall–Kier alpha value is -8.67.